The molecule has 0 bridgehead atoms. The Balaban J connectivity index is 2.11. The smallest absolute Gasteiger partial charge is 0.291 e. The number of rotatable bonds is 4. The van der Waals surface area contributed by atoms with Crippen LogP contribution < -0.4 is 20.7 Å². The number of anilines is 2. The number of nitrogens with one attached hydrogen (secondary N) is 3. The zero-order valence-electron chi connectivity index (χ0n) is 12.5. The van der Waals surface area contributed by atoms with E-state index in [2.05, 4.69) is 16.0 Å². The van der Waals surface area contributed by atoms with Crippen LogP contribution in [0.2, 0.25) is 0 Å². The summed E-state index contributed by atoms with van der Waals surface area (Å²) in [6.45, 7) is 1.36. The topological polar surface area (TPSA) is 92.6 Å². The lowest BCUT2D eigenvalue weighted by atomic mass is 10.2. The van der Waals surface area contributed by atoms with Crippen LogP contribution in [0.4, 0.5) is 11.4 Å². The number of ether oxygens (including phenoxy) is 1. The number of methoxy groups -OCH3 is 1. The first kappa shape index (κ1) is 16.5. The largest absolute Gasteiger partial charge is 0.494 e. The zero-order chi connectivity index (χ0) is 16.8. The Bertz CT molecular complexity index is 728. The number of hydrogen-bond donors (Lipinski definition) is 3. The summed E-state index contributed by atoms with van der Waals surface area (Å²) < 4.78 is 10.3. The molecule has 1 heterocycles. The van der Waals surface area contributed by atoms with E-state index in [-0.39, 0.29) is 22.7 Å². The van der Waals surface area contributed by atoms with Gasteiger partial charge in [-0.3, -0.25) is 9.59 Å². The average molecular weight is 333 g/mol. The Morgan fingerprint density at radius 3 is 2.61 bits per heavy atom. The zero-order valence-corrected chi connectivity index (χ0v) is 13.3. The lowest BCUT2D eigenvalue weighted by molar-refractivity contribution is -0.117. The molecule has 120 valence electrons. The van der Waals surface area contributed by atoms with Gasteiger partial charge in [0.1, 0.15) is 5.75 Å². The van der Waals surface area contributed by atoms with Gasteiger partial charge in [-0.05, 0) is 36.5 Å². The molecule has 0 aliphatic heterocycles. The van der Waals surface area contributed by atoms with E-state index in [1.54, 1.807) is 30.3 Å². The van der Waals surface area contributed by atoms with E-state index < -0.39 is 0 Å². The van der Waals surface area contributed by atoms with Gasteiger partial charge < -0.3 is 25.1 Å². The van der Waals surface area contributed by atoms with Crippen molar-refractivity contribution in [1.82, 2.24) is 5.32 Å². The van der Waals surface area contributed by atoms with Crippen molar-refractivity contribution >= 4 is 40.5 Å². The van der Waals surface area contributed by atoms with Crippen LogP contribution in [0.15, 0.2) is 41.0 Å². The van der Waals surface area contributed by atoms with Crippen LogP contribution in [0, 0.1) is 0 Å². The maximum atomic E-state index is 12.0. The Morgan fingerprint density at radius 1 is 1.22 bits per heavy atom. The van der Waals surface area contributed by atoms with Crippen LogP contribution in [-0.4, -0.2) is 24.0 Å². The normalized spacial score (nSPS) is 9.83. The van der Waals surface area contributed by atoms with E-state index in [0.717, 1.165) is 0 Å². The van der Waals surface area contributed by atoms with Crippen LogP contribution in [0.25, 0.3) is 0 Å². The molecule has 0 saturated heterocycles. The predicted molar refractivity (Wildman–Crippen MR) is 89.7 cm³/mol. The van der Waals surface area contributed by atoms with Gasteiger partial charge in [-0.2, -0.15) is 0 Å². The molecule has 0 saturated carbocycles. The van der Waals surface area contributed by atoms with E-state index in [9.17, 15) is 9.59 Å². The van der Waals surface area contributed by atoms with Crippen molar-refractivity contribution in [2.24, 2.45) is 0 Å². The second-order valence-electron chi connectivity index (χ2n) is 4.48. The summed E-state index contributed by atoms with van der Waals surface area (Å²) in [7, 11) is 1.48. The highest BCUT2D eigenvalue weighted by molar-refractivity contribution is 7.80. The molecule has 7 nitrogen and oxygen atoms in total. The summed E-state index contributed by atoms with van der Waals surface area (Å²) in [5.41, 5.74) is 1.08. The Hall–Kier alpha value is -2.87. The van der Waals surface area contributed by atoms with Gasteiger partial charge in [-0.15, -0.1) is 0 Å². The lowest BCUT2D eigenvalue weighted by Crippen LogP contribution is -2.32. The van der Waals surface area contributed by atoms with Crippen LogP contribution in [0.1, 0.15) is 17.5 Å². The fourth-order valence-electron chi connectivity index (χ4n) is 1.79. The molecule has 3 N–H and O–H groups in total. The van der Waals surface area contributed by atoms with E-state index in [1.807, 2.05) is 0 Å². The van der Waals surface area contributed by atoms with E-state index in [4.69, 9.17) is 21.4 Å². The fraction of sp³-hybridized carbons (Fsp3) is 0.133. The van der Waals surface area contributed by atoms with Crippen LogP contribution in [0.5, 0.6) is 5.75 Å². The summed E-state index contributed by atoms with van der Waals surface area (Å²) in [6.07, 6.45) is 1.42. The maximum Gasteiger partial charge on any atom is 0.291 e. The van der Waals surface area contributed by atoms with Gasteiger partial charge in [0.25, 0.3) is 5.91 Å². The molecule has 0 fully saturated rings. The molecule has 2 amide bonds. The third-order valence-electron chi connectivity index (χ3n) is 2.74. The van der Waals surface area contributed by atoms with E-state index in [0.29, 0.717) is 17.1 Å². The number of benzene rings is 1. The molecule has 0 atom stereocenters. The first-order chi connectivity index (χ1) is 11.0. The molecule has 2 rings (SSSR count). The summed E-state index contributed by atoms with van der Waals surface area (Å²) in [6, 6.07) is 8.17. The summed E-state index contributed by atoms with van der Waals surface area (Å²) in [5, 5.41) is 8.16. The molecular weight excluding hydrogens is 318 g/mol. The number of thiocarbonyl (C=S) groups is 1. The summed E-state index contributed by atoms with van der Waals surface area (Å²) in [5.74, 6) is -0.0267. The highest BCUT2D eigenvalue weighted by Gasteiger charge is 2.12. The second-order valence-corrected chi connectivity index (χ2v) is 4.89. The molecule has 0 aliphatic rings. The third kappa shape index (κ3) is 4.55. The van der Waals surface area contributed by atoms with E-state index >= 15 is 0 Å². The van der Waals surface area contributed by atoms with Gasteiger partial charge in [0.15, 0.2) is 10.9 Å². The highest BCUT2D eigenvalue weighted by atomic mass is 32.1. The standard InChI is InChI=1S/C15H15N3O4S/c1-9(19)16-15(23)17-10-5-6-11(13(8-10)21-2)18-14(20)12-4-3-7-22-12/h3-8H,1-2H3,(H,18,20)(H2,16,17,19,23). The predicted octanol–water partition coefficient (Wildman–Crippen LogP) is 2.37. The molecule has 23 heavy (non-hydrogen) atoms. The van der Waals surface area contributed by atoms with Crippen molar-refractivity contribution in [1.29, 1.82) is 0 Å². The van der Waals surface area contributed by atoms with Crippen molar-refractivity contribution in [3.05, 3.63) is 42.4 Å². The number of carbonyl (C=O) groups is 2. The number of carbonyl (C=O) groups excluding carboxylic acids is 2. The Kier molecular flexibility index (Phi) is 5.32. The van der Waals surface area contributed by atoms with Crippen LogP contribution >= 0.6 is 12.2 Å². The summed E-state index contributed by atoms with van der Waals surface area (Å²) in [4.78, 5) is 22.9. The quantitative estimate of drug-likeness (QED) is 0.744. The molecule has 0 spiro atoms. The van der Waals surface area contributed by atoms with Gasteiger partial charge in [0.2, 0.25) is 5.91 Å². The fourth-order valence-corrected chi connectivity index (χ4v) is 2.05. The molecule has 0 aliphatic carbocycles. The first-order valence-electron chi connectivity index (χ1n) is 6.61. The number of furan rings is 1. The van der Waals surface area contributed by atoms with Crippen molar-refractivity contribution in [3.8, 4) is 5.75 Å². The Labute approximate surface area is 138 Å². The first-order valence-corrected chi connectivity index (χ1v) is 7.02. The minimum absolute atomic E-state index is 0.173. The average Bonchev–Trinajstić information content (AvgIpc) is 3.02. The minimum Gasteiger partial charge on any atom is -0.494 e. The second kappa shape index (κ2) is 7.41. The molecule has 1 aromatic heterocycles. The van der Waals surface area contributed by atoms with E-state index in [1.165, 1.54) is 20.3 Å². The molecular formula is C15H15N3O4S. The van der Waals surface area contributed by atoms with Crippen molar-refractivity contribution in [2.75, 3.05) is 17.7 Å². The Morgan fingerprint density at radius 2 is 2.00 bits per heavy atom. The maximum absolute atomic E-state index is 12.0. The van der Waals surface area contributed by atoms with Crippen LogP contribution in [-0.2, 0) is 4.79 Å². The SMILES string of the molecule is COc1cc(NC(=S)NC(C)=O)ccc1NC(=O)c1ccco1. The van der Waals surface area contributed by atoms with Gasteiger partial charge in [-0.1, -0.05) is 0 Å². The van der Waals surface area contributed by atoms with Crippen molar-refractivity contribution in [2.45, 2.75) is 6.92 Å². The molecule has 2 aromatic rings. The van der Waals surface area contributed by atoms with Gasteiger partial charge >= 0.3 is 0 Å². The highest BCUT2D eigenvalue weighted by Crippen LogP contribution is 2.28. The molecule has 8 heteroatoms. The van der Waals surface area contributed by atoms with Crippen molar-refractivity contribution < 1.29 is 18.7 Å². The number of amides is 2. The third-order valence-corrected chi connectivity index (χ3v) is 2.95. The van der Waals surface area contributed by atoms with Gasteiger partial charge in [0.05, 0.1) is 19.1 Å². The van der Waals surface area contributed by atoms with Crippen LogP contribution in [0.3, 0.4) is 0 Å². The lowest BCUT2D eigenvalue weighted by Gasteiger charge is -2.13. The van der Waals surface area contributed by atoms with Gasteiger partial charge in [0, 0.05) is 18.7 Å². The summed E-state index contributed by atoms with van der Waals surface area (Å²) >= 11 is 4.98. The molecule has 0 radical (unpaired) electrons. The monoisotopic (exact) mass is 333 g/mol. The number of hydrogen-bond acceptors (Lipinski definition) is 5. The minimum atomic E-state index is -0.386. The molecule has 0 unspecified atom stereocenters. The molecule has 1 aromatic carbocycles. The van der Waals surface area contributed by atoms with Gasteiger partial charge in [-0.25, -0.2) is 0 Å². The van der Waals surface area contributed by atoms with Crippen molar-refractivity contribution in [3.63, 3.8) is 0 Å².